The molecule has 1 fully saturated rings. The average molecular weight is 311 g/mol. The van der Waals surface area contributed by atoms with Crippen molar-refractivity contribution in [3.05, 3.63) is 23.2 Å². The fraction of sp³-hybridized carbons (Fsp3) is 0.429. The molecule has 2 rings (SSSR count). The maximum absolute atomic E-state index is 12.1. The van der Waals surface area contributed by atoms with Gasteiger partial charge in [-0.15, -0.1) is 0 Å². The zero-order chi connectivity index (χ0) is 15.4. The van der Waals surface area contributed by atoms with Crippen LogP contribution in [0.15, 0.2) is 18.2 Å². The summed E-state index contributed by atoms with van der Waals surface area (Å²) in [7, 11) is 0. The Morgan fingerprint density at radius 1 is 1.57 bits per heavy atom. The lowest BCUT2D eigenvalue weighted by Gasteiger charge is -2.33. The van der Waals surface area contributed by atoms with Crippen molar-refractivity contribution >= 4 is 34.8 Å². The first-order valence-electron chi connectivity index (χ1n) is 6.88. The third kappa shape index (κ3) is 3.86. The Labute approximate surface area is 128 Å². The Hall–Kier alpha value is -1.79. The summed E-state index contributed by atoms with van der Waals surface area (Å²) in [6.07, 6.45) is 0.665. The fourth-order valence-corrected chi connectivity index (χ4v) is 2.58. The molecule has 2 amide bonds. The lowest BCUT2D eigenvalue weighted by atomic mass is 10.1. The molecule has 1 heterocycles. The van der Waals surface area contributed by atoms with Crippen LogP contribution in [-0.2, 0) is 9.59 Å². The summed E-state index contributed by atoms with van der Waals surface area (Å²) in [5.74, 6) is -0.240. The molecule has 0 radical (unpaired) electrons. The van der Waals surface area contributed by atoms with Crippen molar-refractivity contribution < 1.29 is 9.59 Å². The van der Waals surface area contributed by atoms with Crippen LogP contribution >= 0.6 is 11.6 Å². The maximum Gasteiger partial charge on any atom is 0.238 e. The van der Waals surface area contributed by atoms with Gasteiger partial charge in [0.25, 0.3) is 0 Å². The van der Waals surface area contributed by atoms with E-state index in [1.54, 1.807) is 18.2 Å². The van der Waals surface area contributed by atoms with Crippen molar-refractivity contribution in [2.75, 3.05) is 30.7 Å². The second-order valence-electron chi connectivity index (χ2n) is 4.97. The highest BCUT2D eigenvalue weighted by molar-refractivity contribution is 6.31. The van der Waals surface area contributed by atoms with Crippen LogP contribution < -0.4 is 16.4 Å². The number of halogens is 1. The Kier molecular flexibility index (Phi) is 5.03. The van der Waals surface area contributed by atoms with E-state index < -0.39 is 0 Å². The number of nitrogens with zero attached hydrogens (tertiary/aromatic N) is 1. The molecular formula is C14H19ClN4O2. The molecule has 0 aromatic heterocycles. The van der Waals surface area contributed by atoms with Gasteiger partial charge in [0.15, 0.2) is 0 Å². The molecule has 1 aromatic rings. The molecule has 1 aliphatic heterocycles. The van der Waals surface area contributed by atoms with E-state index in [0.717, 1.165) is 0 Å². The third-order valence-electron chi connectivity index (χ3n) is 3.46. The quantitative estimate of drug-likeness (QED) is 0.726. The lowest BCUT2D eigenvalue weighted by Crippen LogP contribution is -2.56. The van der Waals surface area contributed by atoms with E-state index in [1.165, 1.54) is 0 Å². The second kappa shape index (κ2) is 6.78. The lowest BCUT2D eigenvalue weighted by molar-refractivity contribution is -0.130. The Bertz CT molecular complexity index is 550. The van der Waals surface area contributed by atoms with Crippen molar-refractivity contribution in [1.82, 2.24) is 10.2 Å². The number of nitrogens with two attached hydrogens (primary N) is 1. The number of carbonyl (C=O) groups is 2. The van der Waals surface area contributed by atoms with Gasteiger partial charge in [-0.3, -0.25) is 14.5 Å². The van der Waals surface area contributed by atoms with Crippen LogP contribution in [0.2, 0.25) is 5.02 Å². The van der Waals surface area contributed by atoms with E-state index >= 15 is 0 Å². The predicted octanol–water partition coefficient (Wildman–Crippen LogP) is 1.07. The summed E-state index contributed by atoms with van der Waals surface area (Å²) in [6, 6.07) is 4.64. The SMILES string of the molecule is CCC1C(=O)NCCN1CC(=O)Nc1cc(Cl)ccc1N. The molecule has 0 saturated carbocycles. The maximum atomic E-state index is 12.1. The van der Waals surface area contributed by atoms with Crippen LogP contribution in [0.4, 0.5) is 11.4 Å². The highest BCUT2D eigenvalue weighted by Gasteiger charge is 2.29. The zero-order valence-electron chi connectivity index (χ0n) is 11.9. The molecule has 7 heteroatoms. The van der Waals surface area contributed by atoms with Gasteiger partial charge in [0.05, 0.1) is 24.0 Å². The normalized spacial score (nSPS) is 19.1. The number of benzene rings is 1. The first-order valence-corrected chi connectivity index (χ1v) is 7.25. The van der Waals surface area contributed by atoms with Gasteiger partial charge in [-0.1, -0.05) is 18.5 Å². The summed E-state index contributed by atoms with van der Waals surface area (Å²) in [5.41, 5.74) is 6.74. The summed E-state index contributed by atoms with van der Waals surface area (Å²) in [5, 5.41) is 6.04. The molecule has 4 N–H and O–H groups in total. The Morgan fingerprint density at radius 2 is 2.33 bits per heavy atom. The van der Waals surface area contributed by atoms with Crippen LogP contribution in [0.5, 0.6) is 0 Å². The van der Waals surface area contributed by atoms with Crippen molar-refractivity contribution in [3.8, 4) is 0 Å². The summed E-state index contributed by atoms with van der Waals surface area (Å²) in [4.78, 5) is 25.8. The van der Waals surface area contributed by atoms with Gasteiger partial charge in [0.2, 0.25) is 11.8 Å². The highest BCUT2D eigenvalue weighted by Crippen LogP contribution is 2.23. The topological polar surface area (TPSA) is 87.5 Å². The summed E-state index contributed by atoms with van der Waals surface area (Å²) < 4.78 is 0. The molecular weight excluding hydrogens is 292 g/mol. The number of piperazine rings is 1. The number of anilines is 2. The number of nitrogen functional groups attached to an aromatic ring is 1. The molecule has 0 bridgehead atoms. The van der Waals surface area contributed by atoms with Gasteiger partial charge >= 0.3 is 0 Å². The monoisotopic (exact) mass is 310 g/mol. The van der Waals surface area contributed by atoms with E-state index in [4.69, 9.17) is 17.3 Å². The Balaban J connectivity index is 2.00. The second-order valence-corrected chi connectivity index (χ2v) is 5.40. The number of rotatable bonds is 4. The third-order valence-corrected chi connectivity index (χ3v) is 3.70. The number of hydrogen-bond donors (Lipinski definition) is 3. The summed E-state index contributed by atoms with van der Waals surface area (Å²) >= 11 is 5.89. The summed E-state index contributed by atoms with van der Waals surface area (Å²) in [6.45, 7) is 3.29. The van der Waals surface area contributed by atoms with E-state index in [9.17, 15) is 9.59 Å². The van der Waals surface area contributed by atoms with Crippen LogP contribution in [0.3, 0.4) is 0 Å². The molecule has 114 valence electrons. The van der Waals surface area contributed by atoms with Crippen LogP contribution in [-0.4, -0.2) is 42.4 Å². The zero-order valence-corrected chi connectivity index (χ0v) is 12.6. The van der Waals surface area contributed by atoms with Crippen molar-refractivity contribution in [3.63, 3.8) is 0 Å². The van der Waals surface area contributed by atoms with Crippen molar-refractivity contribution in [1.29, 1.82) is 0 Å². The van der Waals surface area contributed by atoms with E-state index in [0.29, 0.717) is 35.9 Å². The van der Waals surface area contributed by atoms with Crippen LogP contribution in [0.25, 0.3) is 0 Å². The molecule has 1 unspecified atom stereocenters. The van der Waals surface area contributed by atoms with Gasteiger partial charge in [-0.25, -0.2) is 0 Å². The molecule has 1 aliphatic rings. The fourth-order valence-electron chi connectivity index (χ4n) is 2.41. The number of carbonyl (C=O) groups excluding carboxylic acids is 2. The van der Waals surface area contributed by atoms with E-state index in [-0.39, 0.29) is 24.4 Å². The predicted molar refractivity (Wildman–Crippen MR) is 83.2 cm³/mol. The minimum absolute atomic E-state index is 0.0289. The van der Waals surface area contributed by atoms with Gasteiger partial charge in [0.1, 0.15) is 0 Å². The molecule has 0 aliphatic carbocycles. The molecule has 21 heavy (non-hydrogen) atoms. The first kappa shape index (κ1) is 15.6. The van der Waals surface area contributed by atoms with E-state index in [1.807, 2.05) is 11.8 Å². The Morgan fingerprint density at radius 3 is 3.05 bits per heavy atom. The molecule has 1 saturated heterocycles. The number of amides is 2. The van der Waals surface area contributed by atoms with E-state index in [2.05, 4.69) is 10.6 Å². The number of nitrogens with one attached hydrogen (secondary N) is 2. The van der Waals surface area contributed by atoms with Crippen molar-refractivity contribution in [2.45, 2.75) is 19.4 Å². The van der Waals surface area contributed by atoms with Crippen LogP contribution in [0.1, 0.15) is 13.3 Å². The smallest absolute Gasteiger partial charge is 0.238 e. The standard InChI is InChI=1S/C14H19ClN4O2/c1-2-12-14(21)17-5-6-19(12)8-13(20)18-11-7-9(15)3-4-10(11)16/h3-4,7,12H,2,5-6,8,16H2,1H3,(H,17,21)(H,18,20). The minimum Gasteiger partial charge on any atom is -0.397 e. The molecule has 1 aromatic carbocycles. The molecule has 1 atom stereocenters. The number of hydrogen-bond acceptors (Lipinski definition) is 4. The highest BCUT2D eigenvalue weighted by atomic mass is 35.5. The largest absolute Gasteiger partial charge is 0.397 e. The minimum atomic E-state index is -0.263. The van der Waals surface area contributed by atoms with Crippen LogP contribution in [0, 0.1) is 0 Å². The molecule has 6 nitrogen and oxygen atoms in total. The van der Waals surface area contributed by atoms with Crippen molar-refractivity contribution in [2.24, 2.45) is 0 Å². The van der Waals surface area contributed by atoms with Gasteiger partial charge in [-0.2, -0.15) is 0 Å². The van der Waals surface area contributed by atoms with Gasteiger partial charge in [0, 0.05) is 18.1 Å². The van der Waals surface area contributed by atoms with Gasteiger partial charge < -0.3 is 16.4 Å². The molecule has 0 spiro atoms. The first-order chi connectivity index (χ1) is 10.0. The average Bonchev–Trinajstić information content (AvgIpc) is 2.43. The van der Waals surface area contributed by atoms with Gasteiger partial charge in [-0.05, 0) is 24.6 Å².